The Morgan fingerprint density at radius 2 is 2.29 bits per heavy atom. The third kappa shape index (κ3) is 4.28. The summed E-state index contributed by atoms with van der Waals surface area (Å²) >= 11 is 0. The van der Waals surface area contributed by atoms with E-state index in [0.717, 1.165) is 31.8 Å². The second-order valence-corrected chi connectivity index (χ2v) is 5.57. The molecule has 0 aromatic rings. The molecule has 4 heteroatoms. The summed E-state index contributed by atoms with van der Waals surface area (Å²) in [7, 11) is 2.20. The number of nitrogens with one attached hydrogen (secondary N) is 2. The molecule has 0 aromatic carbocycles. The Hall–Kier alpha value is -0.610. The van der Waals surface area contributed by atoms with Crippen molar-refractivity contribution in [1.29, 1.82) is 0 Å². The van der Waals surface area contributed by atoms with Crippen LogP contribution in [0.1, 0.15) is 32.1 Å². The monoisotopic (exact) mass is 239 g/mol. The van der Waals surface area contributed by atoms with Crippen LogP contribution in [-0.2, 0) is 4.79 Å². The van der Waals surface area contributed by atoms with E-state index < -0.39 is 0 Å². The summed E-state index contributed by atoms with van der Waals surface area (Å²) < 4.78 is 0. The summed E-state index contributed by atoms with van der Waals surface area (Å²) in [6, 6.07) is 0.393. The summed E-state index contributed by atoms with van der Waals surface area (Å²) in [5.74, 6) is 0.973. The Kier molecular flexibility index (Phi) is 4.80. The number of carbonyl (C=O) groups is 1. The molecule has 98 valence electrons. The van der Waals surface area contributed by atoms with Crippen LogP contribution in [0.3, 0.4) is 0 Å². The Labute approximate surface area is 104 Å². The zero-order valence-corrected chi connectivity index (χ0v) is 10.9. The maximum absolute atomic E-state index is 11.4. The van der Waals surface area contributed by atoms with Crippen LogP contribution in [0.15, 0.2) is 0 Å². The Balaban J connectivity index is 1.71. The third-order valence-corrected chi connectivity index (χ3v) is 3.90. The molecule has 2 N–H and O–H groups in total. The van der Waals surface area contributed by atoms with E-state index in [1.165, 1.54) is 25.9 Å². The summed E-state index contributed by atoms with van der Waals surface area (Å²) in [4.78, 5) is 13.8. The Morgan fingerprint density at radius 3 is 3.12 bits per heavy atom. The van der Waals surface area contributed by atoms with E-state index in [1.807, 2.05) is 0 Å². The topological polar surface area (TPSA) is 44.4 Å². The van der Waals surface area contributed by atoms with Gasteiger partial charge in [-0.25, -0.2) is 0 Å². The summed E-state index contributed by atoms with van der Waals surface area (Å²) in [5, 5.41) is 6.53. The van der Waals surface area contributed by atoms with E-state index >= 15 is 0 Å². The largest absolute Gasteiger partial charge is 0.356 e. The fourth-order valence-corrected chi connectivity index (χ4v) is 2.92. The van der Waals surface area contributed by atoms with Crippen LogP contribution < -0.4 is 10.6 Å². The second-order valence-electron chi connectivity index (χ2n) is 5.57. The molecule has 1 amide bonds. The standard InChI is InChI=1S/C13H25N3O/c1-16-7-3-4-11(10-16)9-15-12-5-2-6-14-13(17)8-12/h11-12,15H,2-10H2,1H3,(H,14,17). The molecular formula is C13H25N3O. The van der Waals surface area contributed by atoms with E-state index in [2.05, 4.69) is 22.6 Å². The van der Waals surface area contributed by atoms with Gasteiger partial charge in [0.2, 0.25) is 5.91 Å². The zero-order valence-electron chi connectivity index (χ0n) is 10.9. The van der Waals surface area contributed by atoms with Gasteiger partial charge in [-0.15, -0.1) is 0 Å². The molecule has 0 aliphatic carbocycles. The highest BCUT2D eigenvalue weighted by molar-refractivity contribution is 5.76. The molecule has 0 radical (unpaired) electrons. The lowest BCUT2D eigenvalue weighted by Crippen LogP contribution is -2.41. The predicted octanol–water partition coefficient (Wildman–Crippen LogP) is 0.587. The first kappa shape index (κ1) is 12.8. The molecule has 2 aliphatic heterocycles. The molecule has 2 heterocycles. The highest BCUT2D eigenvalue weighted by Crippen LogP contribution is 2.15. The van der Waals surface area contributed by atoms with Gasteiger partial charge in [0, 0.05) is 25.6 Å². The maximum Gasteiger partial charge on any atom is 0.221 e. The van der Waals surface area contributed by atoms with Crippen molar-refractivity contribution in [2.45, 2.75) is 38.1 Å². The molecule has 17 heavy (non-hydrogen) atoms. The Bertz CT molecular complexity index is 257. The number of piperidine rings is 1. The number of carbonyl (C=O) groups excluding carboxylic acids is 1. The van der Waals surface area contributed by atoms with Crippen molar-refractivity contribution >= 4 is 5.91 Å². The van der Waals surface area contributed by atoms with Crippen LogP contribution in [0.25, 0.3) is 0 Å². The number of nitrogens with zero attached hydrogens (tertiary/aromatic N) is 1. The zero-order chi connectivity index (χ0) is 12.1. The first-order valence-corrected chi connectivity index (χ1v) is 6.92. The number of hydrogen-bond acceptors (Lipinski definition) is 3. The molecule has 2 rings (SSSR count). The van der Waals surface area contributed by atoms with Gasteiger partial charge in [-0.05, 0) is 51.7 Å². The number of amides is 1. The van der Waals surface area contributed by atoms with E-state index in [-0.39, 0.29) is 5.91 Å². The van der Waals surface area contributed by atoms with E-state index in [9.17, 15) is 4.79 Å². The predicted molar refractivity (Wildman–Crippen MR) is 68.9 cm³/mol. The van der Waals surface area contributed by atoms with Gasteiger partial charge in [0.1, 0.15) is 0 Å². The molecule has 4 nitrogen and oxygen atoms in total. The molecule has 2 aliphatic rings. The van der Waals surface area contributed by atoms with Crippen molar-refractivity contribution in [2.75, 3.05) is 33.2 Å². The first-order chi connectivity index (χ1) is 8.24. The van der Waals surface area contributed by atoms with Crippen LogP contribution in [0, 0.1) is 5.92 Å². The van der Waals surface area contributed by atoms with Crippen molar-refractivity contribution in [3.63, 3.8) is 0 Å². The van der Waals surface area contributed by atoms with Crippen molar-refractivity contribution < 1.29 is 4.79 Å². The highest BCUT2D eigenvalue weighted by Gasteiger charge is 2.20. The smallest absolute Gasteiger partial charge is 0.221 e. The molecular weight excluding hydrogens is 214 g/mol. The lowest BCUT2D eigenvalue weighted by atomic mass is 9.97. The van der Waals surface area contributed by atoms with E-state index in [1.54, 1.807) is 0 Å². The molecule has 2 atom stereocenters. The summed E-state index contributed by atoms with van der Waals surface area (Å²) in [6.45, 7) is 4.36. The van der Waals surface area contributed by atoms with E-state index in [4.69, 9.17) is 0 Å². The minimum Gasteiger partial charge on any atom is -0.356 e. The molecule has 2 saturated heterocycles. The van der Waals surface area contributed by atoms with Gasteiger partial charge < -0.3 is 15.5 Å². The van der Waals surface area contributed by atoms with Crippen LogP contribution in [-0.4, -0.2) is 50.1 Å². The summed E-state index contributed by atoms with van der Waals surface area (Å²) in [6.07, 6.45) is 5.53. The average molecular weight is 239 g/mol. The van der Waals surface area contributed by atoms with Crippen molar-refractivity contribution in [3.8, 4) is 0 Å². The minimum absolute atomic E-state index is 0.209. The third-order valence-electron chi connectivity index (χ3n) is 3.90. The SMILES string of the molecule is CN1CCCC(CNC2CCCNC(=O)C2)C1. The number of rotatable bonds is 3. The van der Waals surface area contributed by atoms with Gasteiger partial charge >= 0.3 is 0 Å². The Morgan fingerprint density at radius 1 is 1.41 bits per heavy atom. The van der Waals surface area contributed by atoms with Gasteiger partial charge in [0.15, 0.2) is 0 Å². The van der Waals surface area contributed by atoms with Gasteiger partial charge in [-0.1, -0.05) is 0 Å². The van der Waals surface area contributed by atoms with Crippen LogP contribution in [0.5, 0.6) is 0 Å². The van der Waals surface area contributed by atoms with Gasteiger partial charge in [0.25, 0.3) is 0 Å². The average Bonchev–Trinajstić information content (AvgIpc) is 2.51. The number of hydrogen-bond donors (Lipinski definition) is 2. The lowest BCUT2D eigenvalue weighted by Gasteiger charge is -2.30. The maximum atomic E-state index is 11.4. The molecule has 0 bridgehead atoms. The highest BCUT2D eigenvalue weighted by atomic mass is 16.1. The molecule has 0 saturated carbocycles. The van der Waals surface area contributed by atoms with Gasteiger partial charge in [-0.3, -0.25) is 4.79 Å². The van der Waals surface area contributed by atoms with Crippen molar-refractivity contribution in [2.24, 2.45) is 5.92 Å². The van der Waals surface area contributed by atoms with Crippen LogP contribution in [0.2, 0.25) is 0 Å². The fraction of sp³-hybridized carbons (Fsp3) is 0.923. The van der Waals surface area contributed by atoms with Crippen molar-refractivity contribution in [1.82, 2.24) is 15.5 Å². The quantitative estimate of drug-likeness (QED) is 0.757. The molecule has 0 spiro atoms. The van der Waals surface area contributed by atoms with E-state index in [0.29, 0.717) is 12.5 Å². The molecule has 2 unspecified atom stereocenters. The number of likely N-dealkylation sites (tertiary alicyclic amines) is 1. The summed E-state index contributed by atoms with van der Waals surface area (Å²) in [5.41, 5.74) is 0. The second kappa shape index (κ2) is 6.36. The van der Waals surface area contributed by atoms with Crippen LogP contribution >= 0.6 is 0 Å². The minimum atomic E-state index is 0.209. The molecule has 0 aromatic heterocycles. The van der Waals surface area contributed by atoms with Crippen LogP contribution in [0.4, 0.5) is 0 Å². The van der Waals surface area contributed by atoms with Gasteiger partial charge in [0.05, 0.1) is 0 Å². The van der Waals surface area contributed by atoms with Crippen molar-refractivity contribution in [3.05, 3.63) is 0 Å². The lowest BCUT2D eigenvalue weighted by molar-refractivity contribution is -0.121. The fourth-order valence-electron chi connectivity index (χ4n) is 2.92. The molecule has 2 fully saturated rings. The van der Waals surface area contributed by atoms with Gasteiger partial charge in [-0.2, -0.15) is 0 Å². The normalized spacial score (nSPS) is 31.9. The first-order valence-electron chi connectivity index (χ1n) is 6.92.